The molecular formula is C19H21FN4O. The highest BCUT2D eigenvalue weighted by atomic mass is 19.1. The highest BCUT2D eigenvalue weighted by molar-refractivity contribution is 5.83. The second-order valence-electron chi connectivity index (χ2n) is 6.59. The molecule has 0 N–H and O–H groups in total. The van der Waals surface area contributed by atoms with Crippen LogP contribution in [-0.2, 0) is 4.79 Å². The van der Waals surface area contributed by atoms with Crippen molar-refractivity contribution in [3.8, 4) is 11.5 Å². The van der Waals surface area contributed by atoms with Crippen molar-refractivity contribution in [2.45, 2.75) is 19.9 Å². The van der Waals surface area contributed by atoms with E-state index in [0.29, 0.717) is 17.0 Å². The molecule has 0 radical (unpaired) electrons. The van der Waals surface area contributed by atoms with E-state index < -0.39 is 6.04 Å². The zero-order chi connectivity index (χ0) is 18.1. The van der Waals surface area contributed by atoms with Gasteiger partial charge >= 0.3 is 0 Å². The fraction of sp³-hybridized carbons (Fsp3) is 0.316. The third kappa shape index (κ3) is 3.12. The zero-order valence-corrected chi connectivity index (χ0v) is 14.8. The van der Waals surface area contributed by atoms with Crippen molar-refractivity contribution in [3.63, 3.8) is 0 Å². The van der Waals surface area contributed by atoms with E-state index >= 15 is 0 Å². The van der Waals surface area contributed by atoms with E-state index in [2.05, 4.69) is 9.97 Å². The first-order chi connectivity index (χ1) is 11.9. The van der Waals surface area contributed by atoms with E-state index in [1.54, 1.807) is 43.5 Å². The highest BCUT2D eigenvalue weighted by Crippen LogP contribution is 2.27. The summed E-state index contributed by atoms with van der Waals surface area (Å²) in [6.07, 6.45) is 3.41. The van der Waals surface area contributed by atoms with Gasteiger partial charge in [-0.1, -0.05) is 32.0 Å². The van der Waals surface area contributed by atoms with Crippen molar-refractivity contribution < 1.29 is 9.18 Å². The molecule has 2 heterocycles. The summed E-state index contributed by atoms with van der Waals surface area (Å²) in [5.41, 5.74) is 0.842. The van der Waals surface area contributed by atoms with Gasteiger partial charge in [-0.25, -0.2) is 14.4 Å². The molecular weight excluding hydrogens is 319 g/mol. The van der Waals surface area contributed by atoms with E-state index in [4.69, 9.17) is 0 Å². The second-order valence-corrected chi connectivity index (χ2v) is 6.59. The SMILES string of the molecule is CC(C)C(C(=O)N(C)C)n1ccnc1-c1ccc2cccc(F)c2n1. The molecule has 0 saturated heterocycles. The number of benzene rings is 1. The average Bonchev–Trinajstić information content (AvgIpc) is 3.04. The molecule has 0 saturated carbocycles. The van der Waals surface area contributed by atoms with Gasteiger partial charge in [0.1, 0.15) is 23.1 Å². The van der Waals surface area contributed by atoms with Crippen LogP contribution in [0.1, 0.15) is 19.9 Å². The number of rotatable bonds is 4. The molecule has 0 bridgehead atoms. The Labute approximate surface area is 146 Å². The van der Waals surface area contributed by atoms with Crippen LogP contribution in [-0.4, -0.2) is 39.4 Å². The first-order valence-electron chi connectivity index (χ1n) is 8.19. The number of nitrogens with zero attached hydrogens (tertiary/aromatic N) is 4. The first kappa shape index (κ1) is 17.1. The molecule has 130 valence electrons. The standard InChI is InChI=1S/C19H21FN4O/c1-12(2)17(19(25)23(3)4)24-11-10-21-18(24)15-9-8-13-6-5-7-14(20)16(13)22-15/h5-12,17H,1-4H3. The quantitative estimate of drug-likeness (QED) is 0.730. The van der Waals surface area contributed by atoms with Crippen LogP contribution < -0.4 is 0 Å². The lowest BCUT2D eigenvalue weighted by Crippen LogP contribution is -2.34. The van der Waals surface area contributed by atoms with Crippen LogP contribution in [0.2, 0.25) is 0 Å². The normalized spacial score (nSPS) is 12.6. The molecule has 3 aromatic rings. The number of carbonyl (C=O) groups is 1. The van der Waals surface area contributed by atoms with Crippen molar-refractivity contribution >= 4 is 16.8 Å². The molecule has 1 unspecified atom stereocenters. The molecule has 0 fully saturated rings. The molecule has 2 aromatic heterocycles. The minimum absolute atomic E-state index is 0.0128. The number of likely N-dealkylation sites (N-methyl/N-ethyl adjacent to an activating group) is 1. The molecule has 0 spiro atoms. The van der Waals surface area contributed by atoms with Gasteiger partial charge in [0.2, 0.25) is 5.91 Å². The Bertz CT molecular complexity index is 917. The minimum atomic E-state index is -0.398. The number of halogens is 1. The first-order valence-corrected chi connectivity index (χ1v) is 8.19. The Morgan fingerprint density at radius 1 is 1.20 bits per heavy atom. The molecule has 1 aromatic carbocycles. The molecule has 0 aliphatic rings. The van der Waals surface area contributed by atoms with Crippen molar-refractivity contribution in [1.29, 1.82) is 0 Å². The van der Waals surface area contributed by atoms with E-state index in [1.807, 2.05) is 30.5 Å². The largest absolute Gasteiger partial charge is 0.347 e. The van der Waals surface area contributed by atoms with Gasteiger partial charge in [0, 0.05) is 31.9 Å². The molecule has 0 aliphatic carbocycles. The molecule has 5 nitrogen and oxygen atoms in total. The number of imidazole rings is 1. The lowest BCUT2D eigenvalue weighted by atomic mass is 10.0. The topological polar surface area (TPSA) is 51.0 Å². The second kappa shape index (κ2) is 6.63. The molecule has 1 amide bonds. The minimum Gasteiger partial charge on any atom is -0.347 e. The number of amides is 1. The Balaban J connectivity index is 2.13. The fourth-order valence-corrected chi connectivity index (χ4v) is 2.96. The van der Waals surface area contributed by atoms with Gasteiger partial charge in [0.15, 0.2) is 5.82 Å². The van der Waals surface area contributed by atoms with E-state index in [1.165, 1.54) is 6.07 Å². The number of fused-ring (bicyclic) bond motifs is 1. The number of hydrogen-bond donors (Lipinski definition) is 0. The summed E-state index contributed by atoms with van der Waals surface area (Å²) in [5, 5.41) is 0.728. The van der Waals surface area contributed by atoms with E-state index in [9.17, 15) is 9.18 Å². The number of aromatic nitrogens is 3. The van der Waals surface area contributed by atoms with Gasteiger partial charge in [0.05, 0.1) is 0 Å². The maximum Gasteiger partial charge on any atom is 0.245 e. The Kier molecular flexibility index (Phi) is 4.53. The van der Waals surface area contributed by atoms with Crippen LogP contribution in [0.15, 0.2) is 42.7 Å². The number of carbonyl (C=O) groups excluding carboxylic acids is 1. The van der Waals surface area contributed by atoms with Crippen molar-refractivity contribution in [1.82, 2.24) is 19.4 Å². The van der Waals surface area contributed by atoms with E-state index in [0.717, 1.165) is 5.39 Å². The van der Waals surface area contributed by atoms with Crippen molar-refractivity contribution in [2.75, 3.05) is 14.1 Å². The number of hydrogen-bond acceptors (Lipinski definition) is 3. The summed E-state index contributed by atoms with van der Waals surface area (Å²) < 4.78 is 15.9. The summed E-state index contributed by atoms with van der Waals surface area (Å²) in [6.45, 7) is 3.98. The van der Waals surface area contributed by atoms with Gasteiger partial charge < -0.3 is 9.47 Å². The zero-order valence-electron chi connectivity index (χ0n) is 14.8. The van der Waals surface area contributed by atoms with Gasteiger partial charge in [-0.05, 0) is 18.1 Å². The molecule has 25 heavy (non-hydrogen) atoms. The monoisotopic (exact) mass is 340 g/mol. The average molecular weight is 340 g/mol. The van der Waals surface area contributed by atoms with Gasteiger partial charge in [-0.3, -0.25) is 4.79 Å². The maximum atomic E-state index is 14.1. The smallest absolute Gasteiger partial charge is 0.245 e. The third-order valence-electron chi connectivity index (χ3n) is 4.19. The summed E-state index contributed by atoms with van der Waals surface area (Å²) >= 11 is 0. The summed E-state index contributed by atoms with van der Waals surface area (Å²) in [4.78, 5) is 23.0. The van der Waals surface area contributed by atoms with Crippen LogP contribution in [0.3, 0.4) is 0 Å². The fourth-order valence-electron chi connectivity index (χ4n) is 2.96. The summed E-state index contributed by atoms with van der Waals surface area (Å²) in [5.74, 6) is 0.238. The van der Waals surface area contributed by atoms with Crippen LogP contribution in [0, 0.1) is 11.7 Å². The van der Waals surface area contributed by atoms with Crippen LogP contribution in [0.5, 0.6) is 0 Å². The Morgan fingerprint density at radius 2 is 1.96 bits per heavy atom. The summed E-state index contributed by atoms with van der Waals surface area (Å²) in [6, 6.07) is 8.08. The molecule has 6 heteroatoms. The lowest BCUT2D eigenvalue weighted by Gasteiger charge is -2.26. The van der Waals surface area contributed by atoms with Crippen LogP contribution in [0.4, 0.5) is 4.39 Å². The molecule has 1 atom stereocenters. The predicted molar refractivity (Wildman–Crippen MR) is 95.5 cm³/mol. The molecule has 3 rings (SSSR count). The summed E-state index contributed by atoms with van der Waals surface area (Å²) in [7, 11) is 3.47. The predicted octanol–water partition coefficient (Wildman–Crippen LogP) is 3.52. The van der Waals surface area contributed by atoms with Crippen molar-refractivity contribution in [3.05, 3.63) is 48.5 Å². The Morgan fingerprint density at radius 3 is 2.64 bits per heavy atom. The Hall–Kier alpha value is -2.76. The van der Waals surface area contributed by atoms with Gasteiger partial charge in [0.25, 0.3) is 0 Å². The third-order valence-corrected chi connectivity index (χ3v) is 4.19. The maximum absolute atomic E-state index is 14.1. The molecule has 0 aliphatic heterocycles. The number of para-hydroxylation sites is 1. The van der Waals surface area contributed by atoms with Gasteiger partial charge in [-0.15, -0.1) is 0 Å². The lowest BCUT2D eigenvalue weighted by molar-refractivity contribution is -0.133. The van der Waals surface area contributed by atoms with E-state index in [-0.39, 0.29) is 17.6 Å². The van der Waals surface area contributed by atoms with Crippen LogP contribution >= 0.6 is 0 Å². The number of pyridine rings is 1. The highest BCUT2D eigenvalue weighted by Gasteiger charge is 2.28. The van der Waals surface area contributed by atoms with Crippen LogP contribution in [0.25, 0.3) is 22.4 Å². The van der Waals surface area contributed by atoms with Crippen molar-refractivity contribution in [2.24, 2.45) is 5.92 Å². The van der Waals surface area contributed by atoms with Gasteiger partial charge in [-0.2, -0.15) is 0 Å².